The minimum atomic E-state index is -0.742. The molecule has 32 heavy (non-hydrogen) atoms. The number of aromatic nitrogens is 3. The Kier molecular flexibility index (Phi) is 7.39. The molecule has 8 nitrogen and oxygen atoms in total. The molecule has 0 radical (unpaired) electrons. The van der Waals surface area contributed by atoms with Crippen molar-refractivity contribution in [1.82, 2.24) is 19.7 Å². The van der Waals surface area contributed by atoms with Crippen LogP contribution in [-0.2, 0) is 4.79 Å². The average Bonchev–Trinajstić information content (AvgIpc) is 3.10. The summed E-state index contributed by atoms with van der Waals surface area (Å²) in [4.78, 5) is 45.6. The van der Waals surface area contributed by atoms with Crippen molar-refractivity contribution >= 4 is 78.5 Å². The van der Waals surface area contributed by atoms with Crippen LogP contribution >= 0.6 is 55.1 Å². The molecule has 3 rings (SSSR count). The van der Waals surface area contributed by atoms with Gasteiger partial charge in [0.2, 0.25) is 5.91 Å². The maximum Gasteiger partial charge on any atom is 0.283 e. The second-order valence-corrected chi connectivity index (χ2v) is 9.23. The van der Waals surface area contributed by atoms with Gasteiger partial charge >= 0.3 is 0 Å². The van der Waals surface area contributed by atoms with E-state index in [1.54, 1.807) is 26.2 Å². The third-order valence-corrected chi connectivity index (χ3v) is 5.75. The smallest absolute Gasteiger partial charge is 0.283 e. The lowest BCUT2D eigenvalue weighted by Gasteiger charge is -2.25. The van der Waals surface area contributed by atoms with E-state index in [9.17, 15) is 14.4 Å². The lowest BCUT2D eigenvalue weighted by molar-refractivity contribution is -0.116. The number of nitrogens with zero attached hydrogens (tertiary/aromatic N) is 5. The fourth-order valence-corrected chi connectivity index (χ4v) is 4.48. The van der Waals surface area contributed by atoms with E-state index in [2.05, 4.69) is 41.9 Å². The Morgan fingerprint density at radius 2 is 1.75 bits per heavy atom. The van der Waals surface area contributed by atoms with Gasteiger partial charge in [0.25, 0.3) is 11.8 Å². The van der Waals surface area contributed by atoms with Crippen molar-refractivity contribution in [3.05, 3.63) is 66.9 Å². The van der Waals surface area contributed by atoms with Gasteiger partial charge in [0, 0.05) is 42.8 Å². The van der Waals surface area contributed by atoms with Gasteiger partial charge in [-0.05, 0) is 56.1 Å². The second-order valence-electron chi connectivity index (χ2n) is 6.72. The van der Waals surface area contributed by atoms with Crippen LogP contribution < -0.4 is 4.90 Å². The Labute approximate surface area is 210 Å². The molecule has 2 aromatic heterocycles. The summed E-state index contributed by atoms with van der Waals surface area (Å²) in [7, 11) is 3.10. The first-order valence-corrected chi connectivity index (χ1v) is 11.3. The Hall–Kier alpha value is -2.27. The zero-order valence-corrected chi connectivity index (χ0v) is 21.6. The Balaban J connectivity index is 2.24. The molecule has 0 bridgehead atoms. The second kappa shape index (κ2) is 9.70. The first-order chi connectivity index (χ1) is 15.0. The van der Waals surface area contributed by atoms with Gasteiger partial charge in [-0.3, -0.25) is 14.4 Å². The highest BCUT2D eigenvalue weighted by molar-refractivity contribution is 9.10. The molecule has 3 amide bonds. The summed E-state index contributed by atoms with van der Waals surface area (Å²) in [5.74, 6) is -1.61. The van der Waals surface area contributed by atoms with Crippen molar-refractivity contribution in [2.24, 2.45) is 0 Å². The first-order valence-electron chi connectivity index (χ1n) is 8.95. The Bertz CT molecular complexity index is 1250. The number of benzene rings is 1. The van der Waals surface area contributed by atoms with Crippen molar-refractivity contribution in [1.29, 1.82) is 0 Å². The molecule has 1 aromatic carbocycles. The van der Waals surface area contributed by atoms with Crippen LogP contribution in [0.1, 0.15) is 27.8 Å². The topological polar surface area (TPSA) is 88.4 Å². The van der Waals surface area contributed by atoms with E-state index >= 15 is 0 Å². The highest BCUT2D eigenvalue weighted by Crippen LogP contribution is 2.36. The number of anilines is 1. The summed E-state index contributed by atoms with van der Waals surface area (Å²) in [5.41, 5.74) is 0.123. The van der Waals surface area contributed by atoms with Crippen molar-refractivity contribution in [3.8, 4) is 5.82 Å². The van der Waals surface area contributed by atoms with Gasteiger partial charge in [-0.25, -0.2) is 14.6 Å². The van der Waals surface area contributed by atoms with E-state index < -0.39 is 17.7 Å². The van der Waals surface area contributed by atoms with E-state index in [0.29, 0.717) is 9.08 Å². The number of pyridine rings is 1. The number of amides is 3. The van der Waals surface area contributed by atoms with Crippen LogP contribution in [0.5, 0.6) is 0 Å². The molecule has 0 atom stereocenters. The molecule has 0 aliphatic carbocycles. The third kappa shape index (κ3) is 4.73. The van der Waals surface area contributed by atoms with Crippen LogP contribution in [0, 0.1) is 0 Å². The molecular weight excluding hydrogens is 589 g/mol. The van der Waals surface area contributed by atoms with Crippen LogP contribution in [0.25, 0.3) is 5.82 Å². The van der Waals surface area contributed by atoms with E-state index in [4.69, 9.17) is 23.2 Å². The predicted molar refractivity (Wildman–Crippen MR) is 129 cm³/mol. The molecule has 0 fully saturated rings. The van der Waals surface area contributed by atoms with Crippen molar-refractivity contribution in [3.63, 3.8) is 0 Å². The van der Waals surface area contributed by atoms with E-state index in [1.165, 1.54) is 40.9 Å². The summed E-state index contributed by atoms with van der Waals surface area (Å²) in [6.45, 7) is 1.21. The molecular formula is C20H15Br2Cl2N5O3. The lowest BCUT2D eigenvalue weighted by atomic mass is 10.1. The molecule has 3 aromatic rings. The number of imide groups is 1. The molecule has 0 unspecified atom stereocenters. The van der Waals surface area contributed by atoms with Crippen LogP contribution in [-0.4, -0.2) is 51.5 Å². The number of hydrogen-bond acceptors (Lipinski definition) is 5. The minimum Gasteiger partial charge on any atom is -0.345 e. The maximum atomic E-state index is 13.7. The van der Waals surface area contributed by atoms with Gasteiger partial charge in [-0.1, -0.05) is 23.2 Å². The van der Waals surface area contributed by atoms with E-state index in [-0.39, 0.29) is 32.8 Å². The Morgan fingerprint density at radius 1 is 1.06 bits per heavy atom. The summed E-state index contributed by atoms with van der Waals surface area (Å²) >= 11 is 19.0. The van der Waals surface area contributed by atoms with E-state index in [1.807, 2.05) is 0 Å². The molecule has 0 aliphatic heterocycles. The summed E-state index contributed by atoms with van der Waals surface area (Å²) < 4.78 is 1.84. The zero-order chi connectivity index (χ0) is 23.7. The molecule has 0 saturated carbocycles. The normalized spacial score (nSPS) is 10.7. The SMILES string of the molecule is CC(=O)N(C(=O)c1cc(Br)nn1-c1ncccc1Cl)c1c(Br)cc(Cl)cc1C(=O)N(C)C. The summed E-state index contributed by atoms with van der Waals surface area (Å²) in [6.07, 6.45) is 1.50. The van der Waals surface area contributed by atoms with Crippen LogP contribution in [0.15, 0.2) is 45.6 Å². The molecule has 0 N–H and O–H groups in total. The van der Waals surface area contributed by atoms with Crippen molar-refractivity contribution in [2.75, 3.05) is 19.0 Å². The number of halogens is 4. The number of rotatable bonds is 4. The minimum absolute atomic E-state index is 0.00206. The highest BCUT2D eigenvalue weighted by atomic mass is 79.9. The van der Waals surface area contributed by atoms with Gasteiger partial charge in [-0.2, -0.15) is 5.10 Å². The van der Waals surface area contributed by atoms with E-state index in [0.717, 1.165) is 4.90 Å². The standard InChI is InChI=1S/C20H15Br2Cl2N5O3/c1-10(30)28(17-12(19(31)27(2)3)7-11(23)8-13(17)21)20(32)15-9-16(22)26-29(15)18-14(24)5-4-6-25-18/h4-9H,1-3H3. The van der Waals surface area contributed by atoms with Crippen LogP contribution in [0.2, 0.25) is 10.0 Å². The molecule has 2 heterocycles. The predicted octanol–water partition coefficient (Wildman–Crippen LogP) is 4.99. The molecule has 166 valence electrons. The molecule has 0 aliphatic rings. The van der Waals surface area contributed by atoms with Crippen molar-refractivity contribution in [2.45, 2.75) is 6.92 Å². The molecule has 12 heteroatoms. The number of carbonyl (C=O) groups is 3. The van der Waals surface area contributed by atoms with Gasteiger partial charge in [-0.15, -0.1) is 0 Å². The van der Waals surface area contributed by atoms with Crippen LogP contribution in [0.3, 0.4) is 0 Å². The first kappa shape index (κ1) is 24.4. The molecule has 0 saturated heterocycles. The fraction of sp³-hybridized carbons (Fsp3) is 0.150. The quantitative estimate of drug-likeness (QED) is 0.419. The highest BCUT2D eigenvalue weighted by Gasteiger charge is 2.32. The number of hydrogen-bond donors (Lipinski definition) is 0. The van der Waals surface area contributed by atoms with Crippen LogP contribution in [0.4, 0.5) is 5.69 Å². The van der Waals surface area contributed by atoms with Gasteiger partial charge in [0.05, 0.1) is 16.3 Å². The zero-order valence-electron chi connectivity index (χ0n) is 16.9. The lowest BCUT2D eigenvalue weighted by Crippen LogP contribution is -2.38. The van der Waals surface area contributed by atoms with Gasteiger partial charge in [0.1, 0.15) is 10.3 Å². The number of carbonyl (C=O) groups excluding carboxylic acids is 3. The largest absolute Gasteiger partial charge is 0.345 e. The Morgan fingerprint density at radius 3 is 2.34 bits per heavy atom. The monoisotopic (exact) mass is 601 g/mol. The molecule has 0 spiro atoms. The average molecular weight is 604 g/mol. The van der Waals surface area contributed by atoms with Crippen molar-refractivity contribution < 1.29 is 14.4 Å². The fourth-order valence-electron chi connectivity index (χ4n) is 2.91. The maximum absolute atomic E-state index is 13.7. The third-order valence-electron chi connectivity index (χ3n) is 4.24. The van der Waals surface area contributed by atoms with Gasteiger partial charge < -0.3 is 4.90 Å². The summed E-state index contributed by atoms with van der Waals surface area (Å²) in [6, 6.07) is 7.56. The van der Waals surface area contributed by atoms with Gasteiger partial charge in [0.15, 0.2) is 5.82 Å². The summed E-state index contributed by atoms with van der Waals surface area (Å²) in [5, 5.41) is 4.75.